The van der Waals surface area contributed by atoms with Crippen LogP contribution in [0.25, 0.3) is 0 Å². The number of nitrogens with one attached hydrogen (secondary N) is 1. The monoisotopic (exact) mass is 462 g/mol. The predicted molar refractivity (Wildman–Crippen MR) is 120 cm³/mol. The summed E-state index contributed by atoms with van der Waals surface area (Å²) in [6.45, 7) is 6.09. The molecule has 0 radical (unpaired) electrons. The third-order valence-electron chi connectivity index (χ3n) is 5.50. The summed E-state index contributed by atoms with van der Waals surface area (Å²) in [5, 5.41) is 12.5. The minimum atomic E-state index is -2.09. The number of ketones is 1. The van der Waals surface area contributed by atoms with Gasteiger partial charge >= 0.3 is 6.03 Å². The maximum Gasteiger partial charge on any atom is 0.318 e. The number of ether oxygens (including phenoxy) is 1. The Kier molecular flexibility index (Phi) is 6.99. The number of hydrogen-bond donors (Lipinski definition) is 2. The number of halogens is 2. The summed E-state index contributed by atoms with van der Waals surface area (Å²) in [7, 11) is -0.578. The molecule has 3 rings (SSSR count). The van der Waals surface area contributed by atoms with Gasteiger partial charge in [0.15, 0.2) is 5.78 Å². The molecule has 2 aromatic carbocycles. The van der Waals surface area contributed by atoms with Gasteiger partial charge in [-0.25, -0.2) is 13.6 Å². The Morgan fingerprint density at radius 2 is 1.78 bits per heavy atom. The van der Waals surface area contributed by atoms with E-state index in [1.807, 2.05) is 19.6 Å². The maximum atomic E-state index is 14.7. The van der Waals surface area contributed by atoms with Crippen molar-refractivity contribution in [3.8, 4) is 5.75 Å². The molecule has 1 atom stereocenters. The second-order valence-electron chi connectivity index (χ2n) is 9.03. The lowest BCUT2D eigenvalue weighted by Crippen LogP contribution is -2.57. The third-order valence-corrected chi connectivity index (χ3v) is 7.50. The predicted octanol–water partition coefficient (Wildman–Crippen LogP) is 2.76. The number of hydrogen-bond acceptors (Lipinski definition) is 4. The van der Waals surface area contributed by atoms with Crippen LogP contribution in [-0.2, 0) is 11.2 Å². The molecule has 1 unspecified atom stereocenters. The molecule has 0 aliphatic carbocycles. The summed E-state index contributed by atoms with van der Waals surface area (Å²) in [5.41, 5.74) is 0.437. The molecule has 1 heterocycles. The van der Waals surface area contributed by atoms with Gasteiger partial charge in [0.1, 0.15) is 23.4 Å². The van der Waals surface area contributed by atoms with Crippen LogP contribution >= 0.6 is 0 Å². The average Bonchev–Trinajstić information content (AvgIpc) is 2.71. The molecule has 32 heavy (non-hydrogen) atoms. The minimum Gasteiger partial charge on any atom is -0.497 e. The van der Waals surface area contributed by atoms with Crippen LogP contribution in [0.4, 0.5) is 13.6 Å². The number of aliphatic hydroxyl groups excluding tert-OH is 1. The van der Waals surface area contributed by atoms with Crippen molar-refractivity contribution in [2.24, 2.45) is 0 Å². The highest BCUT2D eigenvalue weighted by Crippen LogP contribution is 2.22. The van der Waals surface area contributed by atoms with Crippen LogP contribution in [0.5, 0.6) is 5.75 Å². The average molecular weight is 463 g/mol. The summed E-state index contributed by atoms with van der Waals surface area (Å²) in [4.78, 5) is 27.0. The van der Waals surface area contributed by atoms with Crippen molar-refractivity contribution in [1.29, 1.82) is 0 Å². The van der Waals surface area contributed by atoms with Crippen molar-refractivity contribution >= 4 is 25.1 Å². The first-order valence-electron chi connectivity index (χ1n) is 10.4. The van der Waals surface area contributed by atoms with Gasteiger partial charge in [-0.15, -0.1) is 0 Å². The highest BCUT2D eigenvalue weighted by Gasteiger charge is 2.32. The Morgan fingerprint density at radius 1 is 1.16 bits per heavy atom. The zero-order chi connectivity index (χ0) is 23.6. The van der Waals surface area contributed by atoms with E-state index < -0.39 is 43.7 Å². The Morgan fingerprint density at radius 3 is 2.31 bits per heavy atom. The number of carbonyl (C=O) groups is 2. The van der Waals surface area contributed by atoms with Crippen molar-refractivity contribution in [2.75, 3.05) is 20.2 Å². The van der Waals surface area contributed by atoms with E-state index in [1.165, 1.54) is 18.1 Å². The quantitative estimate of drug-likeness (QED) is 0.621. The van der Waals surface area contributed by atoms with E-state index in [4.69, 9.17) is 4.74 Å². The summed E-state index contributed by atoms with van der Waals surface area (Å²) in [6.07, 6.45) is -0.966. The molecule has 1 aliphatic heterocycles. The molecule has 2 N–H and O–H groups in total. The molecule has 172 valence electrons. The van der Waals surface area contributed by atoms with Crippen molar-refractivity contribution in [3.63, 3.8) is 0 Å². The van der Waals surface area contributed by atoms with E-state index >= 15 is 0 Å². The van der Waals surface area contributed by atoms with Crippen LogP contribution in [0.1, 0.15) is 17.2 Å². The van der Waals surface area contributed by atoms with E-state index in [2.05, 4.69) is 5.32 Å². The molecular formula is C23H28F2N2O4Si. The second-order valence-corrected chi connectivity index (χ2v) is 14.1. The molecule has 1 saturated heterocycles. The van der Waals surface area contributed by atoms with Gasteiger partial charge in [-0.05, 0) is 40.6 Å². The highest BCUT2D eigenvalue weighted by molar-refractivity contribution is 6.88. The van der Waals surface area contributed by atoms with Gasteiger partial charge in [0, 0.05) is 6.42 Å². The van der Waals surface area contributed by atoms with Crippen LogP contribution in [0, 0.1) is 11.6 Å². The molecule has 9 heteroatoms. The fraction of sp³-hybridized carbons (Fsp3) is 0.391. The number of likely N-dealkylation sites (tertiary alicyclic amines) is 1. The number of rotatable bonds is 7. The number of Topliss-reactive ketones (excluding diaryl/α,β-unsaturated/α-hetero) is 1. The van der Waals surface area contributed by atoms with Crippen LogP contribution in [0.2, 0.25) is 19.6 Å². The number of urea groups is 1. The normalized spacial score (nSPS) is 15.2. The van der Waals surface area contributed by atoms with Gasteiger partial charge in [0.25, 0.3) is 0 Å². The number of β-amino-alcohol motifs (C(OH)–C–C–N with tert-alkyl or cyclic N) is 1. The molecular weight excluding hydrogens is 434 g/mol. The molecule has 0 spiro atoms. The van der Waals surface area contributed by atoms with E-state index in [1.54, 1.807) is 24.3 Å². The molecule has 0 aromatic heterocycles. The number of benzene rings is 2. The highest BCUT2D eigenvalue weighted by atomic mass is 28.3. The van der Waals surface area contributed by atoms with E-state index in [0.29, 0.717) is 16.5 Å². The Labute approximate surface area is 187 Å². The molecule has 2 amide bonds. The van der Waals surface area contributed by atoms with Gasteiger partial charge in [0.05, 0.1) is 34.4 Å². The zero-order valence-corrected chi connectivity index (χ0v) is 19.6. The van der Waals surface area contributed by atoms with E-state index in [-0.39, 0.29) is 25.1 Å². The Balaban J connectivity index is 1.86. The van der Waals surface area contributed by atoms with Crippen molar-refractivity contribution in [2.45, 2.75) is 38.2 Å². The first kappa shape index (κ1) is 23.9. The number of amides is 2. The number of nitrogens with zero attached hydrogens (tertiary/aromatic N) is 1. The molecule has 0 bridgehead atoms. The van der Waals surface area contributed by atoms with Gasteiger partial charge in [-0.1, -0.05) is 31.8 Å². The zero-order valence-electron chi connectivity index (χ0n) is 18.6. The third kappa shape index (κ3) is 5.33. The van der Waals surface area contributed by atoms with Crippen molar-refractivity contribution in [1.82, 2.24) is 10.2 Å². The molecule has 0 saturated carbocycles. The van der Waals surface area contributed by atoms with Gasteiger partial charge in [0.2, 0.25) is 0 Å². The lowest BCUT2D eigenvalue weighted by molar-refractivity contribution is -0.120. The van der Waals surface area contributed by atoms with Crippen LogP contribution in [0.3, 0.4) is 0 Å². The molecule has 1 fully saturated rings. The molecule has 1 aliphatic rings. The van der Waals surface area contributed by atoms with Crippen LogP contribution in [-0.4, -0.2) is 56.2 Å². The van der Waals surface area contributed by atoms with E-state index in [0.717, 1.165) is 6.07 Å². The maximum absolute atomic E-state index is 14.7. The van der Waals surface area contributed by atoms with Crippen LogP contribution in [0.15, 0.2) is 36.4 Å². The Bertz CT molecular complexity index is 1000. The second kappa shape index (κ2) is 9.38. The smallest absolute Gasteiger partial charge is 0.318 e. The summed E-state index contributed by atoms with van der Waals surface area (Å²) < 4.78 is 34.5. The number of methoxy groups -OCH3 is 1. The summed E-state index contributed by atoms with van der Waals surface area (Å²) in [6, 6.07) is 7.27. The lowest BCUT2D eigenvalue weighted by Gasteiger charge is -2.36. The van der Waals surface area contributed by atoms with Crippen molar-refractivity contribution < 1.29 is 28.2 Å². The summed E-state index contributed by atoms with van der Waals surface area (Å²) in [5.74, 6) is -1.06. The molecule has 2 aromatic rings. The topological polar surface area (TPSA) is 78.9 Å². The standard InChI is InChI=1S/C23H28F2N2O4Si/c1-31-17-7-5-14(6-8-17)22(26-23(30)27-12-16(28)13-27)20(29)10-15-9-19(25)21(11-18(15)24)32(2,3)4/h5-9,11,16,22,28H,10,12-13H2,1-4H3,(H,26,30). The van der Waals surface area contributed by atoms with Gasteiger partial charge in [-0.2, -0.15) is 0 Å². The number of carbonyl (C=O) groups excluding carboxylic acids is 2. The number of aliphatic hydroxyl groups is 1. The fourth-order valence-corrected chi connectivity index (χ4v) is 4.92. The first-order valence-corrected chi connectivity index (χ1v) is 13.9. The summed E-state index contributed by atoms with van der Waals surface area (Å²) >= 11 is 0. The van der Waals surface area contributed by atoms with Gasteiger partial charge < -0.3 is 20.1 Å². The fourth-order valence-electron chi connectivity index (χ4n) is 3.57. The largest absolute Gasteiger partial charge is 0.497 e. The Hall–Kier alpha value is -2.78. The van der Waals surface area contributed by atoms with E-state index in [9.17, 15) is 23.5 Å². The van der Waals surface area contributed by atoms with Gasteiger partial charge in [-0.3, -0.25) is 4.79 Å². The van der Waals surface area contributed by atoms with Crippen molar-refractivity contribution in [3.05, 3.63) is 59.2 Å². The lowest BCUT2D eigenvalue weighted by atomic mass is 9.97. The van der Waals surface area contributed by atoms with Crippen LogP contribution < -0.4 is 15.2 Å². The first-order chi connectivity index (χ1) is 15.0. The minimum absolute atomic E-state index is 0.0540. The SMILES string of the molecule is COc1ccc(C(NC(=O)N2CC(O)C2)C(=O)Cc2cc(F)c([Si](C)(C)C)cc2F)cc1. The molecule has 6 nitrogen and oxygen atoms in total.